The Morgan fingerprint density at radius 1 is 1.57 bits per heavy atom. The van der Waals surface area contributed by atoms with Crippen LogP contribution in [0.4, 0.5) is 5.00 Å². The maximum absolute atomic E-state index is 12.6. The van der Waals surface area contributed by atoms with Crippen LogP contribution in [0.1, 0.15) is 19.0 Å². The number of carbonyl (C=O) groups is 1. The molecule has 1 amide bonds. The Balaban J connectivity index is 2.38. The molecule has 0 aliphatic rings. The van der Waals surface area contributed by atoms with Gasteiger partial charge in [-0.1, -0.05) is 17.3 Å². The van der Waals surface area contributed by atoms with Crippen LogP contribution in [-0.4, -0.2) is 33.9 Å². The molecule has 0 saturated carbocycles. The second kappa shape index (κ2) is 8.14. The maximum atomic E-state index is 12.6. The van der Waals surface area contributed by atoms with Gasteiger partial charge in [-0.25, -0.2) is 4.98 Å². The minimum absolute atomic E-state index is 0.0364. The van der Waals surface area contributed by atoms with Gasteiger partial charge in [0.05, 0.1) is 11.7 Å². The van der Waals surface area contributed by atoms with Gasteiger partial charge in [-0.15, -0.1) is 6.42 Å². The zero-order chi connectivity index (χ0) is 16.8. The predicted molar refractivity (Wildman–Crippen MR) is 98.9 cm³/mol. The summed E-state index contributed by atoms with van der Waals surface area (Å²) < 4.78 is 0. The van der Waals surface area contributed by atoms with Crippen molar-refractivity contribution < 1.29 is 4.79 Å². The molecule has 0 spiro atoms. The maximum Gasteiger partial charge on any atom is 0.229 e. The van der Waals surface area contributed by atoms with Gasteiger partial charge in [0.25, 0.3) is 0 Å². The van der Waals surface area contributed by atoms with E-state index < -0.39 is 0 Å². The van der Waals surface area contributed by atoms with Crippen molar-refractivity contribution >= 4 is 34.0 Å². The lowest BCUT2D eigenvalue weighted by Crippen LogP contribution is -2.38. The molecule has 2 rings (SSSR count). The van der Waals surface area contributed by atoms with Crippen LogP contribution in [-0.2, 0) is 4.79 Å². The lowest BCUT2D eigenvalue weighted by Gasteiger charge is -2.24. The van der Waals surface area contributed by atoms with Gasteiger partial charge in [-0.3, -0.25) is 14.7 Å². The van der Waals surface area contributed by atoms with Crippen molar-refractivity contribution in [3.05, 3.63) is 30.2 Å². The van der Waals surface area contributed by atoms with E-state index in [2.05, 4.69) is 15.9 Å². The molecule has 6 heteroatoms. The number of anilines is 1. The fourth-order valence-electron chi connectivity index (χ4n) is 2.11. The zero-order valence-corrected chi connectivity index (χ0v) is 15.1. The van der Waals surface area contributed by atoms with Gasteiger partial charge in [0.15, 0.2) is 0 Å². The molecule has 0 bridgehead atoms. The summed E-state index contributed by atoms with van der Waals surface area (Å²) in [6.07, 6.45) is 11.5. The van der Waals surface area contributed by atoms with Crippen LogP contribution in [0.3, 0.4) is 0 Å². The van der Waals surface area contributed by atoms with Gasteiger partial charge >= 0.3 is 0 Å². The fourth-order valence-corrected chi connectivity index (χ4v) is 3.65. The van der Waals surface area contributed by atoms with Crippen LogP contribution in [0.2, 0.25) is 0 Å². The van der Waals surface area contributed by atoms with Gasteiger partial charge in [0.2, 0.25) is 5.91 Å². The van der Waals surface area contributed by atoms with E-state index in [9.17, 15) is 4.79 Å². The van der Waals surface area contributed by atoms with Crippen LogP contribution in [0.5, 0.6) is 0 Å². The summed E-state index contributed by atoms with van der Waals surface area (Å²) in [6, 6.07) is 3.53. The molecule has 4 nitrogen and oxygen atoms in total. The third-order valence-electron chi connectivity index (χ3n) is 3.32. The normalized spacial score (nSPS) is 11.7. The Kier molecular flexibility index (Phi) is 6.20. The van der Waals surface area contributed by atoms with Crippen molar-refractivity contribution in [2.45, 2.75) is 26.3 Å². The lowest BCUT2D eigenvalue weighted by atomic mass is 10.2. The molecule has 2 aromatic heterocycles. The van der Waals surface area contributed by atoms with Crippen molar-refractivity contribution in [3.63, 3.8) is 0 Å². The molecule has 1 atom stereocenters. The highest BCUT2D eigenvalue weighted by Gasteiger charge is 2.25. The molecular formula is C17H19N3OS2. The van der Waals surface area contributed by atoms with Gasteiger partial charge in [0, 0.05) is 30.1 Å². The average Bonchev–Trinajstić information content (AvgIpc) is 2.95. The third-order valence-corrected chi connectivity index (χ3v) is 5.13. The molecule has 0 aliphatic carbocycles. The summed E-state index contributed by atoms with van der Waals surface area (Å²) in [5.74, 6) is 3.48. The van der Waals surface area contributed by atoms with E-state index in [0.29, 0.717) is 6.42 Å². The number of hydrogen-bond acceptors (Lipinski definition) is 5. The SMILES string of the molecule is C#CC(C)N(C(=O)CCSC)c1sc(-c2cccnc2)nc1C. The molecule has 0 radical (unpaired) electrons. The first-order chi connectivity index (χ1) is 11.1. The number of thiazole rings is 1. The Hall–Kier alpha value is -1.84. The smallest absolute Gasteiger partial charge is 0.229 e. The Morgan fingerprint density at radius 3 is 2.96 bits per heavy atom. The van der Waals surface area contributed by atoms with E-state index in [1.807, 2.05) is 32.2 Å². The number of terminal acetylenes is 1. The molecule has 120 valence electrons. The first kappa shape index (κ1) is 17.5. The highest BCUT2D eigenvalue weighted by molar-refractivity contribution is 7.98. The molecule has 0 aliphatic heterocycles. The summed E-state index contributed by atoms with van der Waals surface area (Å²) in [4.78, 5) is 23.0. The second-order valence-electron chi connectivity index (χ2n) is 5.00. The van der Waals surface area contributed by atoms with Gasteiger partial charge in [0.1, 0.15) is 10.0 Å². The molecule has 2 aromatic rings. The van der Waals surface area contributed by atoms with Crippen molar-refractivity contribution in [2.75, 3.05) is 16.9 Å². The van der Waals surface area contributed by atoms with E-state index in [-0.39, 0.29) is 11.9 Å². The van der Waals surface area contributed by atoms with Crippen molar-refractivity contribution in [1.82, 2.24) is 9.97 Å². The molecule has 1 unspecified atom stereocenters. The highest BCUT2D eigenvalue weighted by atomic mass is 32.2. The Bertz CT molecular complexity index is 706. The summed E-state index contributed by atoms with van der Waals surface area (Å²) in [6.45, 7) is 3.77. The predicted octanol–water partition coefficient (Wildman–Crippen LogP) is 3.62. The van der Waals surface area contributed by atoms with Crippen LogP contribution < -0.4 is 4.90 Å². The Labute approximate surface area is 145 Å². The number of amides is 1. The molecule has 0 fully saturated rings. The van der Waals surface area contributed by atoms with Crippen molar-refractivity contribution in [1.29, 1.82) is 0 Å². The van der Waals surface area contributed by atoms with E-state index in [1.165, 1.54) is 11.3 Å². The van der Waals surface area contributed by atoms with E-state index in [0.717, 1.165) is 27.0 Å². The fraction of sp³-hybridized carbons (Fsp3) is 0.353. The second-order valence-corrected chi connectivity index (χ2v) is 6.96. The monoisotopic (exact) mass is 345 g/mol. The molecule has 0 N–H and O–H groups in total. The quantitative estimate of drug-likeness (QED) is 0.750. The standard InChI is InChI=1S/C17H19N3OS2/c1-5-12(2)20(15(21)8-10-22-4)17-13(3)19-16(23-17)14-7-6-9-18-11-14/h1,6-7,9,11-12H,8,10H2,2-4H3. The third kappa shape index (κ3) is 4.12. The van der Waals surface area contributed by atoms with Crippen molar-refractivity contribution in [3.8, 4) is 22.9 Å². The lowest BCUT2D eigenvalue weighted by molar-refractivity contribution is -0.118. The number of rotatable bonds is 6. The van der Waals surface area contributed by atoms with E-state index >= 15 is 0 Å². The number of aryl methyl sites for hydroxylation is 1. The first-order valence-corrected chi connectivity index (χ1v) is 9.44. The minimum atomic E-state index is -0.301. The summed E-state index contributed by atoms with van der Waals surface area (Å²) in [5, 5.41) is 1.66. The Morgan fingerprint density at radius 2 is 2.35 bits per heavy atom. The molecule has 23 heavy (non-hydrogen) atoms. The number of nitrogens with zero attached hydrogens (tertiary/aromatic N) is 3. The van der Waals surface area contributed by atoms with Crippen LogP contribution in [0, 0.1) is 19.3 Å². The van der Waals surface area contributed by atoms with E-state index in [4.69, 9.17) is 6.42 Å². The highest BCUT2D eigenvalue weighted by Crippen LogP contribution is 2.35. The molecule has 0 saturated heterocycles. The largest absolute Gasteiger partial charge is 0.288 e. The number of aromatic nitrogens is 2. The van der Waals surface area contributed by atoms with Gasteiger partial charge < -0.3 is 0 Å². The molecular weight excluding hydrogens is 326 g/mol. The number of carbonyl (C=O) groups excluding carboxylic acids is 1. The van der Waals surface area contributed by atoms with Crippen LogP contribution >= 0.6 is 23.1 Å². The summed E-state index contributed by atoms with van der Waals surface area (Å²) in [7, 11) is 0. The number of thioether (sulfide) groups is 1. The van der Waals surface area contributed by atoms with E-state index in [1.54, 1.807) is 29.1 Å². The zero-order valence-electron chi connectivity index (χ0n) is 13.4. The minimum Gasteiger partial charge on any atom is -0.288 e. The number of pyridine rings is 1. The summed E-state index contributed by atoms with van der Waals surface area (Å²) in [5.41, 5.74) is 1.75. The summed E-state index contributed by atoms with van der Waals surface area (Å²) >= 11 is 3.13. The number of hydrogen-bond donors (Lipinski definition) is 0. The first-order valence-electron chi connectivity index (χ1n) is 7.23. The van der Waals surface area contributed by atoms with Crippen LogP contribution in [0.15, 0.2) is 24.5 Å². The van der Waals surface area contributed by atoms with Crippen molar-refractivity contribution in [2.24, 2.45) is 0 Å². The molecule has 0 aromatic carbocycles. The topological polar surface area (TPSA) is 46.1 Å². The average molecular weight is 345 g/mol. The van der Waals surface area contributed by atoms with Crippen LogP contribution in [0.25, 0.3) is 10.6 Å². The van der Waals surface area contributed by atoms with Gasteiger partial charge in [-0.2, -0.15) is 11.8 Å². The molecule has 2 heterocycles. The van der Waals surface area contributed by atoms with Gasteiger partial charge in [-0.05, 0) is 32.2 Å².